The predicted molar refractivity (Wildman–Crippen MR) is 192 cm³/mol. The maximum absolute atomic E-state index is 12.7. The van der Waals surface area contributed by atoms with Gasteiger partial charge in [0.15, 0.2) is 0 Å². The highest BCUT2D eigenvalue weighted by Crippen LogP contribution is 2.38. The third-order valence-corrected chi connectivity index (χ3v) is 9.12. The lowest BCUT2D eigenvalue weighted by Gasteiger charge is -2.29. The van der Waals surface area contributed by atoms with Gasteiger partial charge < -0.3 is 28.8 Å². The van der Waals surface area contributed by atoms with E-state index < -0.39 is 20.0 Å². The molecule has 272 valence electrons. The Balaban J connectivity index is 4.58. The van der Waals surface area contributed by atoms with Gasteiger partial charge >= 0.3 is 0 Å². The fraction of sp³-hybridized carbons (Fsp3) is 0.865. The van der Waals surface area contributed by atoms with E-state index in [9.17, 15) is 19.4 Å². The summed E-state index contributed by atoms with van der Waals surface area (Å²) in [5.41, 5.74) is 0. The van der Waals surface area contributed by atoms with Crippen LogP contribution in [0.15, 0.2) is 24.3 Å². The average Bonchev–Trinajstić information content (AvgIpc) is 2.99. The van der Waals surface area contributed by atoms with Gasteiger partial charge in [0.2, 0.25) is 5.91 Å². The maximum atomic E-state index is 12.7. The van der Waals surface area contributed by atoms with E-state index in [4.69, 9.17) is 9.05 Å². The van der Waals surface area contributed by atoms with E-state index >= 15 is 0 Å². The highest BCUT2D eigenvalue weighted by atomic mass is 31.2. The number of quaternary nitrogens is 1. The van der Waals surface area contributed by atoms with Crippen molar-refractivity contribution in [3.05, 3.63) is 24.3 Å². The zero-order chi connectivity index (χ0) is 34.4. The second kappa shape index (κ2) is 30.1. The Morgan fingerprint density at radius 2 is 1.22 bits per heavy atom. The van der Waals surface area contributed by atoms with E-state index in [-0.39, 0.29) is 19.1 Å². The molecule has 0 bridgehead atoms. The summed E-state index contributed by atoms with van der Waals surface area (Å²) in [7, 11) is 1.25. The van der Waals surface area contributed by atoms with Gasteiger partial charge in [-0.05, 0) is 38.5 Å². The minimum absolute atomic E-state index is 0.00212. The number of nitrogens with one attached hydrogen (secondary N) is 1. The first-order valence-corrected chi connectivity index (χ1v) is 20.2. The molecular weight excluding hydrogens is 599 g/mol. The van der Waals surface area contributed by atoms with Crippen LogP contribution in [0.3, 0.4) is 0 Å². The van der Waals surface area contributed by atoms with Crippen molar-refractivity contribution in [2.24, 2.45) is 0 Å². The molecule has 0 aromatic rings. The van der Waals surface area contributed by atoms with Crippen LogP contribution < -0.4 is 10.2 Å². The second-order valence-electron chi connectivity index (χ2n) is 13.9. The number of carbonyl (C=O) groups excluding carboxylic acids is 1. The quantitative estimate of drug-likeness (QED) is 0.0312. The van der Waals surface area contributed by atoms with E-state index in [2.05, 4.69) is 31.3 Å². The standard InChI is InChI=1S/C37H73N2O6P/c1-6-8-10-12-14-16-18-19-21-22-24-26-28-30-36(40)35(34-45-46(42,43)44-33-32-39(3,4)5)38-37(41)31-29-27-25-23-20-17-15-13-11-9-7-2/h13,15,28,30,35-36,40H,6-12,14,16-27,29,31-34H2,1-5H3,(H-,38,41,42,43)/b15-13-,30-28+/t35-,36+/m0/s1. The van der Waals surface area contributed by atoms with Crippen molar-refractivity contribution in [2.45, 2.75) is 167 Å². The summed E-state index contributed by atoms with van der Waals surface area (Å²) in [5, 5.41) is 13.7. The molecule has 9 heteroatoms. The Hall–Kier alpha value is -1.02. The SMILES string of the molecule is CCCC/C=C\CCCCCCCC(=O)N[C@@H](COP(=O)([O-])OCC[N+](C)(C)C)[C@H](O)/C=C/CCCCCCCCCCCCC. The Labute approximate surface area is 284 Å². The first kappa shape index (κ1) is 45.0. The number of phosphoric ester groups is 1. The number of phosphoric acid groups is 1. The zero-order valence-corrected chi connectivity index (χ0v) is 31.4. The molecule has 46 heavy (non-hydrogen) atoms. The zero-order valence-electron chi connectivity index (χ0n) is 30.5. The molecule has 0 radical (unpaired) electrons. The van der Waals surface area contributed by atoms with Gasteiger partial charge in [0.05, 0.1) is 39.9 Å². The summed E-state index contributed by atoms with van der Waals surface area (Å²) in [6.07, 6.45) is 32.1. The molecule has 0 heterocycles. The number of allylic oxidation sites excluding steroid dienone is 3. The largest absolute Gasteiger partial charge is 0.756 e. The highest BCUT2D eigenvalue weighted by molar-refractivity contribution is 7.45. The number of carbonyl (C=O) groups is 1. The summed E-state index contributed by atoms with van der Waals surface area (Å²) < 4.78 is 23.0. The van der Waals surface area contributed by atoms with Gasteiger partial charge in [-0.2, -0.15) is 0 Å². The van der Waals surface area contributed by atoms with Crippen molar-refractivity contribution in [3.8, 4) is 0 Å². The molecule has 0 saturated heterocycles. The fourth-order valence-corrected chi connectivity index (χ4v) is 5.79. The van der Waals surface area contributed by atoms with Crippen molar-refractivity contribution in [3.63, 3.8) is 0 Å². The number of unbranched alkanes of at least 4 members (excludes halogenated alkanes) is 18. The molecule has 2 N–H and O–H groups in total. The van der Waals surface area contributed by atoms with Gasteiger partial charge in [-0.3, -0.25) is 9.36 Å². The van der Waals surface area contributed by atoms with E-state index in [0.29, 0.717) is 17.4 Å². The third-order valence-electron chi connectivity index (χ3n) is 8.16. The van der Waals surface area contributed by atoms with Gasteiger partial charge in [-0.15, -0.1) is 0 Å². The van der Waals surface area contributed by atoms with Crippen molar-refractivity contribution >= 4 is 13.7 Å². The lowest BCUT2D eigenvalue weighted by molar-refractivity contribution is -0.870. The van der Waals surface area contributed by atoms with Crippen LogP contribution in [0.4, 0.5) is 0 Å². The topological polar surface area (TPSA) is 108 Å². The summed E-state index contributed by atoms with van der Waals surface area (Å²) in [6.45, 7) is 4.57. The lowest BCUT2D eigenvalue weighted by atomic mass is 10.0. The van der Waals surface area contributed by atoms with Gasteiger partial charge in [0.1, 0.15) is 13.2 Å². The molecule has 0 aliphatic carbocycles. The molecule has 0 aromatic carbocycles. The monoisotopic (exact) mass is 673 g/mol. The summed E-state index contributed by atoms with van der Waals surface area (Å²) in [6, 6.07) is -0.884. The van der Waals surface area contributed by atoms with Gasteiger partial charge in [-0.25, -0.2) is 0 Å². The van der Waals surface area contributed by atoms with E-state index in [1.165, 1.54) is 70.6 Å². The molecule has 0 aliphatic rings. The van der Waals surface area contributed by atoms with Crippen LogP contribution in [-0.2, 0) is 18.4 Å². The highest BCUT2D eigenvalue weighted by Gasteiger charge is 2.23. The minimum Gasteiger partial charge on any atom is -0.756 e. The third kappa shape index (κ3) is 31.6. The van der Waals surface area contributed by atoms with Crippen LogP contribution in [0.2, 0.25) is 0 Å². The Morgan fingerprint density at radius 1 is 0.739 bits per heavy atom. The van der Waals surface area contributed by atoms with Crippen molar-refractivity contribution in [1.29, 1.82) is 0 Å². The number of rotatable bonds is 33. The molecule has 0 saturated carbocycles. The number of hydrogen-bond acceptors (Lipinski definition) is 6. The summed E-state index contributed by atoms with van der Waals surface area (Å²) >= 11 is 0. The summed E-state index contributed by atoms with van der Waals surface area (Å²) in [5.74, 6) is -0.211. The summed E-state index contributed by atoms with van der Waals surface area (Å²) in [4.78, 5) is 25.1. The van der Waals surface area contributed by atoms with E-state index in [1.807, 2.05) is 27.2 Å². The first-order chi connectivity index (χ1) is 22.0. The van der Waals surface area contributed by atoms with Gasteiger partial charge in [0.25, 0.3) is 7.82 Å². The molecule has 0 aromatic heterocycles. The molecule has 8 nitrogen and oxygen atoms in total. The number of nitrogens with zero attached hydrogens (tertiary/aromatic N) is 1. The fourth-order valence-electron chi connectivity index (χ4n) is 5.07. The number of aliphatic hydroxyl groups excluding tert-OH is 1. The van der Waals surface area contributed by atoms with Crippen LogP contribution in [0.5, 0.6) is 0 Å². The molecule has 0 rings (SSSR count). The Bertz CT molecular complexity index is 814. The minimum atomic E-state index is -4.58. The second-order valence-corrected chi connectivity index (χ2v) is 15.3. The van der Waals surface area contributed by atoms with E-state index in [1.54, 1.807) is 6.08 Å². The normalized spacial score (nSPS) is 15.0. The van der Waals surface area contributed by atoms with Crippen molar-refractivity contribution < 1.29 is 32.9 Å². The average molecular weight is 673 g/mol. The number of aliphatic hydroxyl groups is 1. The van der Waals surface area contributed by atoms with Gasteiger partial charge in [-0.1, -0.05) is 134 Å². The maximum Gasteiger partial charge on any atom is 0.268 e. The lowest BCUT2D eigenvalue weighted by Crippen LogP contribution is -2.45. The predicted octanol–water partition coefficient (Wildman–Crippen LogP) is 8.77. The first-order valence-electron chi connectivity index (χ1n) is 18.7. The number of likely N-dealkylation sites (N-methyl/N-ethyl adjacent to an activating group) is 1. The number of amides is 1. The van der Waals surface area contributed by atoms with Crippen LogP contribution >= 0.6 is 7.82 Å². The molecular formula is C37H73N2O6P. The van der Waals surface area contributed by atoms with Crippen LogP contribution in [-0.4, -0.2) is 68.5 Å². The van der Waals surface area contributed by atoms with Crippen LogP contribution in [0, 0.1) is 0 Å². The van der Waals surface area contributed by atoms with Crippen molar-refractivity contribution in [1.82, 2.24) is 5.32 Å². The number of hydrogen-bond donors (Lipinski definition) is 2. The van der Waals surface area contributed by atoms with Crippen LogP contribution in [0.1, 0.15) is 155 Å². The molecule has 0 aliphatic heterocycles. The molecule has 1 unspecified atom stereocenters. The molecule has 0 spiro atoms. The van der Waals surface area contributed by atoms with Gasteiger partial charge in [0, 0.05) is 6.42 Å². The van der Waals surface area contributed by atoms with Crippen molar-refractivity contribution in [2.75, 3.05) is 40.9 Å². The molecule has 0 fully saturated rings. The Kier molecular flexibility index (Phi) is 29.4. The van der Waals surface area contributed by atoms with Crippen LogP contribution in [0.25, 0.3) is 0 Å². The van der Waals surface area contributed by atoms with E-state index in [0.717, 1.165) is 64.2 Å². The smallest absolute Gasteiger partial charge is 0.268 e. The molecule has 3 atom stereocenters. The molecule has 1 amide bonds. The Morgan fingerprint density at radius 3 is 1.76 bits per heavy atom.